The van der Waals surface area contributed by atoms with Gasteiger partial charge in [0.25, 0.3) is 0 Å². The summed E-state index contributed by atoms with van der Waals surface area (Å²) >= 11 is 0. The van der Waals surface area contributed by atoms with Crippen molar-refractivity contribution in [2.24, 2.45) is 0 Å². The van der Waals surface area contributed by atoms with E-state index < -0.39 is 5.41 Å². The van der Waals surface area contributed by atoms with Crippen LogP contribution in [0.1, 0.15) is 22.3 Å². The van der Waals surface area contributed by atoms with E-state index in [1.165, 1.54) is 55.6 Å². The summed E-state index contributed by atoms with van der Waals surface area (Å²) in [6.45, 7) is 0. The van der Waals surface area contributed by atoms with E-state index in [1.54, 1.807) is 0 Å². The van der Waals surface area contributed by atoms with E-state index in [1.807, 2.05) is 0 Å². The normalized spacial score (nSPS) is 12.5. The molecule has 0 radical (unpaired) electrons. The topological polar surface area (TPSA) is 16.4 Å². The summed E-state index contributed by atoms with van der Waals surface area (Å²) in [5.41, 5.74) is 21.3. The lowest BCUT2D eigenvalue weighted by molar-refractivity contribution is 0.671. The number of anilines is 3. The van der Waals surface area contributed by atoms with Gasteiger partial charge in [-0.15, -0.1) is 0 Å². The van der Waals surface area contributed by atoms with Gasteiger partial charge in [-0.1, -0.05) is 237 Å². The van der Waals surface area contributed by atoms with Crippen LogP contribution >= 0.6 is 0 Å². The molecule has 1 aliphatic carbocycles. The molecular weight excluding hydrogens is 835 g/mol. The number of furan rings is 1. The van der Waals surface area contributed by atoms with Crippen molar-refractivity contribution in [3.8, 4) is 55.6 Å². The summed E-state index contributed by atoms with van der Waals surface area (Å²) in [5.74, 6) is 0. The average molecular weight is 880 g/mol. The standard InChI is InChI=1S/C67H45NO/c1-5-18-46(19-6-1)48-34-40-53(41-35-48)68(54-42-36-49(37-43-54)47-20-7-2-8-21-47)55-44-38-50(39-45-55)56-27-15-30-59-60-31-16-29-58(66(60)69-65(56)59)57-28-17-33-63-64(57)61-26-13-14-32-62(61)67(63,51-22-9-3-10-23-51)52-24-11-4-12-25-52/h1-45H. The summed E-state index contributed by atoms with van der Waals surface area (Å²) in [6.07, 6.45) is 0. The minimum atomic E-state index is -0.488. The molecule has 0 saturated heterocycles. The van der Waals surface area contributed by atoms with Crippen LogP contribution in [0.2, 0.25) is 0 Å². The Balaban J connectivity index is 0.920. The molecule has 2 heteroatoms. The van der Waals surface area contributed by atoms with Gasteiger partial charge in [0, 0.05) is 39.0 Å². The highest BCUT2D eigenvalue weighted by molar-refractivity contribution is 6.14. The SMILES string of the molecule is c1ccc(-c2ccc(N(c3ccc(-c4ccccc4)cc3)c3ccc(-c4cccc5c4oc4c(-c6cccc7c6-c6ccccc6C7(c6ccccc6)c6ccccc6)cccc45)cc3)cc2)cc1. The first-order valence-corrected chi connectivity index (χ1v) is 23.7. The van der Waals surface area contributed by atoms with E-state index >= 15 is 0 Å². The molecule has 12 aromatic rings. The summed E-state index contributed by atoms with van der Waals surface area (Å²) in [7, 11) is 0. The molecule has 1 heterocycles. The second kappa shape index (κ2) is 16.7. The molecule has 0 saturated carbocycles. The van der Waals surface area contributed by atoms with Gasteiger partial charge in [0.05, 0.1) is 5.41 Å². The minimum Gasteiger partial charge on any atom is -0.455 e. The van der Waals surface area contributed by atoms with Crippen LogP contribution in [0.25, 0.3) is 77.6 Å². The molecule has 0 unspecified atom stereocenters. The van der Waals surface area contributed by atoms with Gasteiger partial charge in [-0.05, 0) is 103 Å². The zero-order chi connectivity index (χ0) is 45.7. The van der Waals surface area contributed by atoms with Crippen molar-refractivity contribution >= 4 is 39.0 Å². The number of hydrogen-bond acceptors (Lipinski definition) is 2. The van der Waals surface area contributed by atoms with Crippen molar-refractivity contribution in [1.82, 2.24) is 0 Å². The first-order valence-electron chi connectivity index (χ1n) is 23.7. The average Bonchev–Trinajstić information content (AvgIpc) is 3.97. The van der Waals surface area contributed by atoms with Crippen LogP contribution < -0.4 is 4.90 Å². The van der Waals surface area contributed by atoms with Gasteiger partial charge in [0.15, 0.2) is 0 Å². The molecule has 1 aromatic heterocycles. The summed E-state index contributed by atoms with van der Waals surface area (Å²) in [5, 5.41) is 2.20. The predicted octanol–water partition coefficient (Wildman–Crippen LogP) is 18.1. The molecule has 13 rings (SSSR count). The summed E-state index contributed by atoms with van der Waals surface area (Å²) < 4.78 is 7.19. The molecule has 69 heavy (non-hydrogen) atoms. The van der Waals surface area contributed by atoms with Gasteiger partial charge in [0.1, 0.15) is 11.2 Å². The third-order valence-electron chi connectivity index (χ3n) is 14.2. The van der Waals surface area contributed by atoms with Crippen molar-refractivity contribution in [2.75, 3.05) is 4.90 Å². The number of rotatable bonds is 9. The van der Waals surface area contributed by atoms with Crippen LogP contribution in [0, 0.1) is 0 Å². The van der Waals surface area contributed by atoms with Gasteiger partial charge < -0.3 is 9.32 Å². The first-order chi connectivity index (χ1) is 34.2. The number of para-hydroxylation sites is 2. The lowest BCUT2D eigenvalue weighted by Gasteiger charge is -2.34. The van der Waals surface area contributed by atoms with Crippen LogP contribution in [0.5, 0.6) is 0 Å². The quantitative estimate of drug-likeness (QED) is 0.144. The summed E-state index contributed by atoms with van der Waals surface area (Å²) in [6, 6.07) is 98.8. The number of nitrogens with zero attached hydrogens (tertiary/aromatic N) is 1. The van der Waals surface area contributed by atoms with E-state index in [-0.39, 0.29) is 0 Å². The fraction of sp³-hybridized carbons (Fsp3) is 0.0149. The van der Waals surface area contributed by atoms with E-state index in [0.717, 1.165) is 61.3 Å². The molecule has 0 spiro atoms. The molecule has 2 nitrogen and oxygen atoms in total. The van der Waals surface area contributed by atoms with Gasteiger partial charge in [0.2, 0.25) is 0 Å². The zero-order valence-corrected chi connectivity index (χ0v) is 37.8. The van der Waals surface area contributed by atoms with E-state index in [9.17, 15) is 0 Å². The number of hydrogen-bond donors (Lipinski definition) is 0. The molecule has 0 aliphatic heterocycles. The van der Waals surface area contributed by atoms with Crippen LogP contribution in [0.15, 0.2) is 277 Å². The largest absolute Gasteiger partial charge is 0.455 e. The Hall–Kier alpha value is -8.98. The highest BCUT2D eigenvalue weighted by Crippen LogP contribution is 2.59. The molecular formula is C67H45NO. The Bertz CT molecular complexity index is 3660. The molecule has 324 valence electrons. The monoisotopic (exact) mass is 879 g/mol. The molecule has 11 aromatic carbocycles. The molecule has 0 bridgehead atoms. The molecule has 1 aliphatic rings. The maximum absolute atomic E-state index is 7.19. The first kappa shape index (κ1) is 40.3. The van der Waals surface area contributed by atoms with Crippen molar-refractivity contribution in [2.45, 2.75) is 5.41 Å². The van der Waals surface area contributed by atoms with Crippen LogP contribution in [-0.2, 0) is 5.41 Å². The van der Waals surface area contributed by atoms with Crippen LogP contribution in [-0.4, -0.2) is 0 Å². The molecule has 0 fully saturated rings. The van der Waals surface area contributed by atoms with E-state index in [0.29, 0.717) is 0 Å². The maximum atomic E-state index is 7.19. The van der Waals surface area contributed by atoms with Gasteiger partial charge in [-0.25, -0.2) is 0 Å². The van der Waals surface area contributed by atoms with Gasteiger partial charge in [-0.3, -0.25) is 0 Å². The van der Waals surface area contributed by atoms with Crippen LogP contribution in [0.4, 0.5) is 17.1 Å². The molecule has 0 amide bonds. The molecule has 0 N–H and O–H groups in total. The Morgan fingerprint density at radius 2 is 0.638 bits per heavy atom. The number of benzene rings is 11. The second-order valence-corrected chi connectivity index (χ2v) is 17.9. The highest BCUT2D eigenvalue weighted by atomic mass is 16.3. The van der Waals surface area contributed by atoms with Gasteiger partial charge in [-0.2, -0.15) is 0 Å². The van der Waals surface area contributed by atoms with Crippen molar-refractivity contribution < 1.29 is 4.42 Å². The zero-order valence-electron chi connectivity index (χ0n) is 37.8. The van der Waals surface area contributed by atoms with Gasteiger partial charge >= 0.3 is 0 Å². The lowest BCUT2D eigenvalue weighted by atomic mass is 9.67. The highest BCUT2D eigenvalue weighted by Gasteiger charge is 2.46. The smallest absolute Gasteiger partial charge is 0.143 e. The van der Waals surface area contributed by atoms with Crippen molar-refractivity contribution in [1.29, 1.82) is 0 Å². The van der Waals surface area contributed by atoms with E-state index in [2.05, 4.69) is 278 Å². The Labute approximate surface area is 402 Å². The Morgan fingerprint density at radius 1 is 0.261 bits per heavy atom. The Morgan fingerprint density at radius 3 is 1.17 bits per heavy atom. The third kappa shape index (κ3) is 6.64. The van der Waals surface area contributed by atoms with Crippen LogP contribution in [0.3, 0.4) is 0 Å². The Kier molecular flexibility index (Phi) is 9.77. The van der Waals surface area contributed by atoms with Crippen molar-refractivity contribution in [3.05, 3.63) is 295 Å². The fourth-order valence-electron chi connectivity index (χ4n) is 11.1. The fourth-order valence-corrected chi connectivity index (χ4v) is 11.1. The predicted molar refractivity (Wildman–Crippen MR) is 287 cm³/mol. The third-order valence-corrected chi connectivity index (χ3v) is 14.2. The summed E-state index contributed by atoms with van der Waals surface area (Å²) in [4.78, 5) is 2.34. The lowest BCUT2D eigenvalue weighted by Crippen LogP contribution is -2.28. The van der Waals surface area contributed by atoms with E-state index in [4.69, 9.17) is 4.42 Å². The number of fused-ring (bicyclic) bond motifs is 6. The maximum Gasteiger partial charge on any atom is 0.143 e. The minimum absolute atomic E-state index is 0.488. The van der Waals surface area contributed by atoms with Crippen molar-refractivity contribution in [3.63, 3.8) is 0 Å². The second-order valence-electron chi connectivity index (χ2n) is 17.9. The molecule has 0 atom stereocenters.